The molecule has 0 aromatic heterocycles. The first-order valence-corrected chi connectivity index (χ1v) is 13.7. The minimum Gasteiger partial charge on any atom is -0.392 e. The van der Waals surface area contributed by atoms with Gasteiger partial charge in [-0.15, -0.1) is 0 Å². The molecule has 2 N–H and O–H groups in total. The van der Waals surface area contributed by atoms with Gasteiger partial charge in [0.25, 0.3) is 0 Å². The lowest BCUT2D eigenvalue weighted by molar-refractivity contribution is -0.152. The van der Waals surface area contributed by atoms with Gasteiger partial charge in [0.2, 0.25) is 0 Å². The quantitative estimate of drug-likeness (QED) is 0.468. The maximum absolute atomic E-state index is 12.1. The van der Waals surface area contributed by atoms with E-state index in [1.165, 1.54) is 64.2 Å². The standard InChI is InChI=1S/C29H48O2/c1-19(2)7-6-8-20(3)29(31)16-12-23-21-9-10-24-26(4,22(21)11-15-27(23,29)5)14-13-25(30)28(24)17-18-28/h10,19-23,25,30-31H,6-9,11-18H2,1-5H3/t20-,21-,22+,23+,25-,26-,27+,29-/m1/s1. The molecule has 5 aliphatic rings. The fraction of sp³-hybridized carbons (Fsp3) is 0.931. The van der Waals surface area contributed by atoms with Gasteiger partial charge in [-0.2, -0.15) is 0 Å². The van der Waals surface area contributed by atoms with Crippen molar-refractivity contribution in [1.29, 1.82) is 0 Å². The average Bonchev–Trinajstić information content (AvgIpc) is 3.45. The molecule has 1 spiro atoms. The molecule has 2 heteroatoms. The van der Waals surface area contributed by atoms with E-state index in [0.29, 0.717) is 17.3 Å². The highest BCUT2D eigenvalue weighted by Gasteiger charge is 2.67. The van der Waals surface area contributed by atoms with Gasteiger partial charge in [0.15, 0.2) is 0 Å². The number of aliphatic hydroxyl groups is 2. The lowest BCUT2D eigenvalue weighted by atomic mass is 9.45. The molecule has 4 fully saturated rings. The lowest BCUT2D eigenvalue weighted by Crippen LogP contribution is -2.57. The molecule has 0 aromatic carbocycles. The van der Waals surface area contributed by atoms with Crippen LogP contribution in [-0.4, -0.2) is 21.9 Å². The first-order chi connectivity index (χ1) is 14.6. The topological polar surface area (TPSA) is 40.5 Å². The first-order valence-electron chi connectivity index (χ1n) is 13.7. The molecule has 5 rings (SSSR count). The third-order valence-electron chi connectivity index (χ3n) is 11.8. The van der Waals surface area contributed by atoms with Crippen molar-refractivity contribution in [2.24, 2.45) is 45.8 Å². The van der Waals surface area contributed by atoms with Crippen LogP contribution in [0.3, 0.4) is 0 Å². The second-order valence-electron chi connectivity index (χ2n) is 13.5. The number of rotatable bonds is 5. The van der Waals surface area contributed by atoms with Crippen LogP contribution < -0.4 is 0 Å². The van der Waals surface area contributed by atoms with Gasteiger partial charge in [0.05, 0.1) is 11.7 Å². The summed E-state index contributed by atoms with van der Waals surface area (Å²) in [5.41, 5.74) is 1.70. The predicted molar refractivity (Wildman–Crippen MR) is 128 cm³/mol. The average molecular weight is 429 g/mol. The van der Waals surface area contributed by atoms with Gasteiger partial charge < -0.3 is 10.2 Å². The maximum atomic E-state index is 12.1. The van der Waals surface area contributed by atoms with Crippen LogP contribution in [0.5, 0.6) is 0 Å². The Balaban J connectivity index is 1.39. The van der Waals surface area contributed by atoms with Crippen molar-refractivity contribution in [1.82, 2.24) is 0 Å². The second kappa shape index (κ2) is 7.33. The summed E-state index contributed by atoms with van der Waals surface area (Å²) in [5.74, 6) is 3.32. The summed E-state index contributed by atoms with van der Waals surface area (Å²) >= 11 is 0. The van der Waals surface area contributed by atoms with E-state index in [1.54, 1.807) is 5.57 Å². The summed E-state index contributed by atoms with van der Waals surface area (Å²) in [7, 11) is 0. The Morgan fingerprint density at radius 3 is 2.32 bits per heavy atom. The molecule has 5 aliphatic carbocycles. The van der Waals surface area contributed by atoms with Crippen molar-refractivity contribution in [2.75, 3.05) is 0 Å². The highest BCUT2D eigenvalue weighted by Crippen LogP contribution is 2.73. The van der Waals surface area contributed by atoms with Crippen LogP contribution in [0.4, 0.5) is 0 Å². The van der Waals surface area contributed by atoms with E-state index in [1.807, 2.05) is 0 Å². The van der Waals surface area contributed by atoms with E-state index in [-0.39, 0.29) is 16.9 Å². The van der Waals surface area contributed by atoms with Gasteiger partial charge in [0.1, 0.15) is 0 Å². The molecule has 2 nitrogen and oxygen atoms in total. The Hall–Kier alpha value is -0.340. The molecular weight excluding hydrogens is 380 g/mol. The first kappa shape index (κ1) is 22.5. The normalized spacial score (nSPS) is 48.7. The Morgan fingerprint density at radius 2 is 1.65 bits per heavy atom. The van der Waals surface area contributed by atoms with Crippen LogP contribution >= 0.6 is 0 Å². The molecule has 0 amide bonds. The maximum Gasteiger partial charge on any atom is 0.0729 e. The Kier molecular flexibility index (Phi) is 5.31. The molecule has 0 unspecified atom stereocenters. The van der Waals surface area contributed by atoms with Crippen LogP contribution in [-0.2, 0) is 0 Å². The molecule has 0 aliphatic heterocycles. The molecule has 0 saturated heterocycles. The Labute approximate surface area is 191 Å². The Morgan fingerprint density at radius 1 is 0.935 bits per heavy atom. The van der Waals surface area contributed by atoms with Crippen molar-refractivity contribution in [3.63, 3.8) is 0 Å². The van der Waals surface area contributed by atoms with Gasteiger partial charge >= 0.3 is 0 Å². The second-order valence-corrected chi connectivity index (χ2v) is 13.5. The van der Waals surface area contributed by atoms with Crippen LogP contribution in [0.1, 0.15) is 112 Å². The molecule has 0 heterocycles. The molecule has 0 aromatic rings. The fourth-order valence-electron chi connectivity index (χ4n) is 9.75. The van der Waals surface area contributed by atoms with Gasteiger partial charge in [0, 0.05) is 5.41 Å². The van der Waals surface area contributed by atoms with Crippen LogP contribution in [0.2, 0.25) is 0 Å². The largest absolute Gasteiger partial charge is 0.392 e. The van der Waals surface area contributed by atoms with Crippen molar-refractivity contribution < 1.29 is 10.2 Å². The number of hydrogen-bond acceptors (Lipinski definition) is 2. The monoisotopic (exact) mass is 428 g/mol. The number of fused-ring (bicyclic) bond motifs is 6. The summed E-state index contributed by atoms with van der Waals surface area (Å²) in [6, 6.07) is 0. The lowest BCUT2D eigenvalue weighted by Gasteiger charge is -2.61. The van der Waals surface area contributed by atoms with E-state index in [4.69, 9.17) is 0 Å². The zero-order valence-electron chi connectivity index (χ0n) is 20.9. The molecule has 31 heavy (non-hydrogen) atoms. The zero-order valence-corrected chi connectivity index (χ0v) is 20.9. The summed E-state index contributed by atoms with van der Waals surface area (Å²) in [5, 5.41) is 22.9. The molecule has 0 bridgehead atoms. The van der Waals surface area contributed by atoms with Crippen molar-refractivity contribution in [2.45, 2.75) is 123 Å². The number of allylic oxidation sites excluding steroid dienone is 1. The van der Waals surface area contributed by atoms with E-state index >= 15 is 0 Å². The fourth-order valence-corrected chi connectivity index (χ4v) is 9.75. The summed E-state index contributed by atoms with van der Waals surface area (Å²) in [6.07, 6.45) is 16.7. The summed E-state index contributed by atoms with van der Waals surface area (Å²) < 4.78 is 0. The van der Waals surface area contributed by atoms with Gasteiger partial charge in [-0.05, 0) is 105 Å². The molecular formula is C29H48O2. The Bertz CT molecular complexity index is 735. The van der Waals surface area contributed by atoms with Gasteiger partial charge in [-0.3, -0.25) is 0 Å². The molecule has 4 saturated carbocycles. The predicted octanol–water partition coefficient (Wildman–Crippen LogP) is 6.89. The van der Waals surface area contributed by atoms with Gasteiger partial charge in [-0.25, -0.2) is 0 Å². The van der Waals surface area contributed by atoms with Crippen LogP contribution in [0.25, 0.3) is 0 Å². The summed E-state index contributed by atoms with van der Waals surface area (Å²) in [4.78, 5) is 0. The van der Waals surface area contributed by atoms with Crippen LogP contribution in [0.15, 0.2) is 11.6 Å². The highest BCUT2D eigenvalue weighted by molar-refractivity contribution is 5.37. The minimum absolute atomic E-state index is 0.0819. The van der Waals surface area contributed by atoms with Crippen molar-refractivity contribution in [3.05, 3.63) is 11.6 Å². The van der Waals surface area contributed by atoms with Gasteiger partial charge in [-0.1, -0.05) is 59.1 Å². The smallest absolute Gasteiger partial charge is 0.0729 e. The van der Waals surface area contributed by atoms with E-state index < -0.39 is 5.60 Å². The summed E-state index contributed by atoms with van der Waals surface area (Å²) in [6.45, 7) is 12.0. The number of hydrogen-bond donors (Lipinski definition) is 2. The SMILES string of the molecule is CC(C)CCC[C@@H](C)[C@]1(O)CC[C@H]2[C@@H]3CC=C4C5(CC5)[C@H](O)CC[C@]4(C)[C@H]3CC[C@@]21C. The third-order valence-corrected chi connectivity index (χ3v) is 11.8. The van der Waals surface area contributed by atoms with Crippen molar-refractivity contribution in [3.8, 4) is 0 Å². The van der Waals surface area contributed by atoms with Crippen LogP contribution in [0, 0.1) is 45.8 Å². The molecule has 176 valence electrons. The van der Waals surface area contributed by atoms with E-state index in [0.717, 1.165) is 30.6 Å². The zero-order chi connectivity index (χ0) is 22.2. The third kappa shape index (κ3) is 3.02. The highest BCUT2D eigenvalue weighted by atomic mass is 16.3. The number of aliphatic hydroxyl groups excluding tert-OH is 1. The molecule has 8 atom stereocenters. The van der Waals surface area contributed by atoms with Crippen molar-refractivity contribution >= 4 is 0 Å². The van der Waals surface area contributed by atoms with E-state index in [9.17, 15) is 10.2 Å². The minimum atomic E-state index is -0.481. The molecule has 0 radical (unpaired) electrons. The van der Waals surface area contributed by atoms with E-state index in [2.05, 4.69) is 40.7 Å².